The summed E-state index contributed by atoms with van der Waals surface area (Å²) in [7, 11) is 0. The van der Waals surface area contributed by atoms with Crippen molar-refractivity contribution in [2.24, 2.45) is 0 Å². The van der Waals surface area contributed by atoms with Gasteiger partial charge in [0.2, 0.25) is 11.8 Å². The van der Waals surface area contributed by atoms with E-state index >= 15 is 0 Å². The molecule has 0 radical (unpaired) electrons. The molecule has 1 aliphatic heterocycles. The van der Waals surface area contributed by atoms with Crippen molar-refractivity contribution >= 4 is 35.2 Å². The lowest BCUT2D eigenvalue weighted by atomic mass is 10.1. The van der Waals surface area contributed by atoms with Gasteiger partial charge in [0.1, 0.15) is 6.04 Å². The van der Waals surface area contributed by atoms with E-state index in [1.54, 1.807) is 35.2 Å². The maximum atomic E-state index is 13.4. The standard InChI is InChI=1S/C27H32ClN3O4/c1-3-5-16-29-25(33)23(4-2)31(18-19-11-6-9-14-22(19)28)24(32)15-10-17-30-26(34)20-12-7-8-13-21(20)27(30)35/h6-9,11-14,23H,3-5,10,15-18H2,1-2H3,(H,29,33)/t23-/m0/s1. The molecule has 0 unspecified atom stereocenters. The lowest BCUT2D eigenvalue weighted by Gasteiger charge is -2.31. The molecule has 1 atom stereocenters. The molecule has 7 nitrogen and oxygen atoms in total. The number of carbonyl (C=O) groups is 4. The summed E-state index contributed by atoms with van der Waals surface area (Å²) in [6.07, 6.45) is 2.67. The van der Waals surface area contributed by atoms with Crippen molar-refractivity contribution < 1.29 is 19.2 Å². The van der Waals surface area contributed by atoms with Crippen molar-refractivity contribution in [3.05, 3.63) is 70.2 Å². The minimum Gasteiger partial charge on any atom is -0.354 e. The molecule has 0 aromatic heterocycles. The zero-order valence-corrected chi connectivity index (χ0v) is 21.0. The molecule has 0 aliphatic carbocycles. The third-order valence-corrected chi connectivity index (χ3v) is 6.53. The van der Waals surface area contributed by atoms with Crippen LogP contribution in [0.15, 0.2) is 48.5 Å². The highest BCUT2D eigenvalue weighted by Crippen LogP contribution is 2.24. The van der Waals surface area contributed by atoms with E-state index < -0.39 is 6.04 Å². The second kappa shape index (κ2) is 12.5. The number of halogens is 1. The highest BCUT2D eigenvalue weighted by atomic mass is 35.5. The Morgan fingerprint density at radius 3 is 2.20 bits per heavy atom. The molecule has 0 saturated carbocycles. The van der Waals surface area contributed by atoms with Gasteiger partial charge in [0, 0.05) is 31.1 Å². The van der Waals surface area contributed by atoms with Crippen LogP contribution in [0.25, 0.3) is 0 Å². The number of nitrogens with zero attached hydrogens (tertiary/aromatic N) is 2. The zero-order chi connectivity index (χ0) is 25.4. The number of amides is 4. The third kappa shape index (κ3) is 6.28. The molecule has 8 heteroatoms. The van der Waals surface area contributed by atoms with E-state index in [2.05, 4.69) is 5.32 Å². The van der Waals surface area contributed by atoms with Crippen LogP contribution in [-0.2, 0) is 16.1 Å². The number of hydrogen-bond acceptors (Lipinski definition) is 4. The highest BCUT2D eigenvalue weighted by molar-refractivity contribution is 6.31. The first kappa shape index (κ1) is 26.4. The average molecular weight is 498 g/mol. The quantitative estimate of drug-likeness (QED) is 0.347. The molecule has 35 heavy (non-hydrogen) atoms. The van der Waals surface area contributed by atoms with Crippen LogP contribution in [0.4, 0.5) is 0 Å². The second-order valence-corrected chi connectivity index (χ2v) is 9.00. The lowest BCUT2D eigenvalue weighted by Crippen LogP contribution is -2.49. The van der Waals surface area contributed by atoms with Crippen molar-refractivity contribution in [3.8, 4) is 0 Å². The molecule has 4 amide bonds. The van der Waals surface area contributed by atoms with E-state index in [1.807, 2.05) is 32.0 Å². The normalized spacial score (nSPS) is 13.5. The Morgan fingerprint density at radius 1 is 0.971 bits per heavy atom. The summed E-state index contributed by atoms with van der Waals surface area (Å²) in [5.41, 5.74) is 1.53. The predicted molar refractivity (Wildman–Crippen MR) is 135 cm³/mol. The fraction of sp³-hybridized carbons (Fsp3) is 0.407. The monoisotopic (exact) mass is 497 g/mol. The van der Waals surface area contributed by atoms with Crippen LogP contribution in [0, 0.1) is 0 Å². The molecular weight excluding hydrogens is 466 g/mol. The Labute approximate surface area is 211 Å². The van der Waals surface area contributed by atoms with E-state index in [-0.39, 0.29) is 43.1 Å². The SMILES string of the molecule is CCCCNC(=O)[C@H](CC)N(Cc1ccccc1Cl)C(=O)CCCN1C(=O)c2ccccc2C1=O. The first-order valence-corrected chi connectivity index (χ1v) is 12.5. The molecule has 0 bridgehead atoms. The Bertz CT molecular complexity index is 1050. The average Bonchev–Trinajstić information content (AvgIpc) is 3.10. The molecule has 0 spiro atoms. The molecule has 2 aromatic rings. The van der Waals surface area contributed by atoms with Gasteiger partial charge in [-0.2, -0.15) is 0 Å². The van der Waals surface area contributed by atoms with Gasteiger partial charge in [-0.25, -0.2) is 0 Å². The Hall–Kier alpha value is -3.19. The maximum absolute atomic E-state index is 13.4. The van der Waals surface area contributed by atoms with Gasteiger partial charge >= 0.3 is 0 Å². The lowest BCUT2D eigenvalue weighted by molar-refractivity contribution is -0.141. The van der Waals surface area contributed by atoms with Crippen LogP contribution in [0.2, 0.25) is 5.02 Å². The van der Waals surface area contributed by atoms with Crippen molar-refractivity contribution in [1.29, 1.82) is 0 Å². The van der Waals surface area contributed by atoms with Gasteiger partial charge in [-0.1, -0.05) is 62.2 Å². The minimum atomic E-state index is -0.644. The molecule has 0 fully saturated rings. The molecular formula is C27H32ClN3O4. The molecule has 3 rings (SSSR count). The van der Waals surface area contributed by atoms with Crippen LogP contribution >= 0.6 is 11.6 Å². The molecule has 186 valence electrons. The van der Waals surface area contributed by atoms with E-state index in [1.165, 1.54) is 4.90 Å². The first-order valence-electron chi connectivity index (χ1n) is 12.1. The second-order valence-electron chi connectivity index (χ2n) is 8.59. The number of hydrogen-bond donors (Lipinski definition) is 1. The Balaban J connectivity index is 1.70. The number of imide groups is 1. The fourth-order valence-electron chi connectivity index (χ4n) is 4.21. The van der Waals surface area contributed by atoms with Crippen LogP contribution < -0.4 is 5.32 Å². The summed E-state index contributed by atoms with van der Waals surface area (Å²) in [6, 6.07) is 13.3. The summed E-state index contributed by atoms with van der Waals surface area (Å²) in [5.74, 6) is -1.10. The zero-order valence-electron chi connectivity index (χ0n) is 20.3. The molecule has 1 aliphatic rings. The number of carbonyl (C=O) groups excluding carboxylic acids is 4. The summed E-state index contributed by atoms with van der Waals surface area (Å²) in [4.78, 5) is 54.3. The number of unbranched alkanes of at least 4 members (excludes halogenated alkanes) is 1. The van der Waals surface area contributed by atoms with E-state index in [9.17, 15) is 19.2 Å². The molecule has 0 saturated heterocycles. The van der Waals surface area contributed by atoms with Crippen molar-refractivity contribution in [3.63, 3.8) is 0 Å². The first-order chi connectivity index (χ1) is 16.9. The number of rotatable bonds is 12. The number of benzene rings is 2. The topological polar surface area (TPSA) is 86.8 Å². The fourth-order valence-corrected chi connectivity index (χ4v) is 4.41. The highest BCUT2D eigenvalue weighted by Gasteiger charge is 2.35. The van der Waals surface area contributed by atoms with Crippen LogP contribution in [0.1, 0.15) is 72.2 Å². The summed E-state index contributed by atoms with van der Waals surface area (Å²) < 4.78 is 0. The third-order valence-electron chi connectivity index (χ3n) is 6.16. The van der Waals surface area contributed by atoms with Crippen LogP contribution in [-0.4, -0.2) is 52.6 Å². The van der Waals surface area contributed by atoms with E-state index in [4.69, 9.17) is 11.6 Å². The van der Waals surface area contributed by atoms with Gasteiger partial charge in [-0.05, 0) is 43.0 Å². The Kier molecular flexibility index (Phi) is 9.43. The minimum absolute atomic E-state index is 0.0938. The van der Waals surface area contributed by atoms with E-state index in [0.717, 1.165) is 18.4 Å². The molecule has 1 heterocycles. The molecule has 2 aromatic carbocycles. The van der Waals surface area contributed by atoms with Crippen molar-refractivity contribution in [1.82, 2.24) is 15.1 Å². The predicted octanol–water partition coefficient (Wildman–Crippen LogP) is 4.44. The van der Waals surface area contributed by atoms with Gasteiger partial charge in [0.15, 0.2) is 0 Å². The Morgan fingerprint density at radius 2 is 1.60 bits per heavy atom. The summed E-state index contributed by atoms with van der Waals surface area (Å²) in [6.45, 7) is 4.81. The van der Waals surface area contributed by atoms with Gasteiger partial charge < -0.3 is 10.2 Å². The number of fused-ring (bicyclic) bond motifs is 1. The largest absolute Gasteiger partial charge is 0.354 e. The smallest absolute Gasteiger partial charge is 0.261 e. The van der Waals surface area contributed by atoms with Crippen molar-refractivity contribution in [2.45, 2.75) is 58.5 Å². The van der Waals surface area contributed by atoms with Crippen molar-refractivity contribution in [2.75, 3.05) is 13.1 Å². The maximum Gasteiger partial charge on any atom is 0.261 e. The number of nitrogens with one attached hydrogen (secondary N) is 1. The van der Waals surface area contributed by atoms with Gasteiger partial charge in [0.05, 0.1) is 11.1 Å². The molecule has 1 N–H and O–H groups in total. The van der Waals surface area contributed by atoms with Crippen LogP contribution in [0.3, 0.4) is 0 Å². The van der Waals surface area contributed by atoms with E-state index in [0.29, 0.717) is 35.5 Å². The van der Waals surface area contributed by atoms with Crippen LogP contribution in [0.5, 0.6) is 0 Å². The van der Waals surface area contributed by atoms with Gasteiger partial charge in [0.25, 0.3) is 11.8 Å². The summed E-state index contributed by atoms with van der Waals surface area (Å²) in [5, 5.41) is 3.46. The summed E-state index contributed by atoms with van der Waals surface area (Å²) >= 11 is 6.35. The van der Waals surface area contributed by atoms with Gasteiger partial charge in [-0.15, -0.1) is 0 Å². The van der Waals surface area contributed by atoms with Gasteiger partial charge in [-0.3, -0.25) is 24.1 Å².